The molecule has 0 saturated carbocycles. The summed E-state index contributed by atoms with van der Waals surface area (Å²) in [6.45, 7) is 15.4. The van der Waals surface area contributed by atoms with Gasteiger partial charge in [0.15, 0.2) is 0 Å². The van der Waals surface area contributed by atoms with Gasteiger partial charge in [-0.25, -0.2) is 0 Å². The number of hydrogen-bond donors (Lipinski definition) is 0. The number of benzene rings is 4. The van der Waals surface area contributed by atoms with Gasteiger partial charge in [0, 0.05) is 22.0 Å². The van der Waals surface area contributed by atoms with Crippen molar-refractivity contribution < 1.29 is 0 Å². The number of nitrogens with zero attached hydrogens (tertiary/aromatic N) is 1. The lowest BCUT2D eigenvalue weighted by Crippen LogP contribution is -1.97. The van der Waals surface area contributed by atoms with E-state index in [0.717, 1.165) is 11.1 Å². The van der Waals surface area contributed by atoms with Crippen LogP contribution in [0.3, 0.4) is 0 Å². The van der Waals surface area contributed by atoms with Crippen molar-refractivity contribution in [3.8, 4) is 11.1 Å². The van der Waals surface area contributed by atoms with Gasteiger partial charge in [-0.1, -0.05) is 111 Å². The molecule has 5 aromatic rings. The summed E-state index contributed by atoms with van der Waals surface area (Å²) < 4.78 is 2.42. The topological polar surface area (TPSA) is 4.93 Å². The van der Waals surface area contributed by atoms with Gasteiger partial charge in [0.05, 0.1) is 11.0 Å². The van der Waals surface area contributed by atoms with Crippen molar-refractivity contribution in [3.05, 3.63) is 132 Å². The van der Waals surface area contributed by atoms with E-state index in [-0.39, 0.29) is 0 Å². The maximum atomic E-state index is 4.31. The minimum atomic E-state index is 0.530. The third-order valence-electron chi connectivity index (χ3n) is 7.40. The molecule has 0 N–H and O–H groups in total. The molecule has 4 aromatic carbocycles. The van der Waals surface area contributed by atoms with Gasteiger partial charge in [-0.15, -0.1) is 0 Å². The highest BCUT2D eigenvalue weighted by molar-refractivity contribution is 6.15. The Labute approximate surface area is 221 Å². The van der Waals surface area contributed by atoms with Gasteiger partial charge in [-0.05, 0) is 72.2 Å². The molecule has 0 bridgehead atoms. The molecule has 0 saturated heterocycles. The van der Waals surface area contributed by atoms with Crippen molar-refractivity contribution >= 4 is 33.1 Å². The highest BCUT2D eigenvalue weighted by Gasteiger charge is 2.18. The number of aryl methyl sites for hydroxylation is 2. The zero-order valence-electron chi connectivity index (χ0n) is 22.5. The Hall–Kier alpha value is -4.10. The first kappa shape index (κ1) is 24.6. The predicted octanol–water partition coefficient (Wildman–Crippen LogP) is 10.3. The minimum Gasteiger partial charge on any atom is -0.313 e. The molecule has 1 heteroatoms. The Kier molecular flexibility index (Phi) is 6.72. The second-order valence-electron chi connectivity index (χ2n) is 10.3. The van der Waals surface area contributed by atoms with Crippen LogP contribution in [-0.4, -0.2) is 4.57 Å². The normalized spacial score (nSPS) is 12.3. The van der Waals surface area contributed by atoms with Crippen molar-refractivity contribution in [2.24, 2.45) is 0 Å². The van der Waals surface area contributed by atoms with Gasteiger partial charge in [0.1, 0.15) is 0 Å². The fourth-order valence-electron chi connectivity index (χ4n) is 5.27. The molecule has 0 atom stereocenters. The minimum absolute atomic E-state index is 0.530. The van der Waals surface area contributed by atoms with Crippen molar-refractivity contribution in [3.63, 3.8) is 0 Å². The molecule has 0 aliphatic carbocycles. The second-order valence-corrected chi connectivity index (χ2v) is 10.3. The maximum absolute atomic E-state index is 4.31. The second kappa shape index (κ2) is 10.1. The Balaban J connectivity index is 1.62. The smallest absolute Gasteiger partial charge is 0.0618 e. The van der Waals surface area contributed by atoms with Crippen LogP contribution in [0.1, 0.15) is 48.9 Å². The standard InChI is InChI=1S/C36H35N/c1-24(2)29-19-21-30(22-20-29)25(3)13-11-14-28(6)37-34-17-10-9-16-32(34)33-23-18-27(5)35(36(33)37)31-15-8-7-12-26(31)4/h7-24H,3H2,1-2,4-6H3/b13-11-,28-14+. The third-order valence-corrected chi connectivity index (χ3v) is 7.40. The molecule has 0 fully saturated rings. The Morgan fingerprint density at radius 2 is 1.49 bits per heavy atom. The molecular weight excluding hydrogens is 446 g/mol. The van der Waals surface area contributed by atoms with Gasteiger partial charge in [-0.2, -0.15) is 0 Å². The molecule has 1 aromatic heterocycles. The molecule has 37 heavy (non-hydrogen) atoms. The Bertz CT molecular complexity index is 1670. The lowest BCUT2D eigenvalue weighted by atomic mass is 9.94. The molecule has 0 spiro atoms. The molecule has 184 valence electrons. The SMILES string of the molecule is C=C(/C=C\C=C(/C)n1c2ccccc2c2ccc(C)c(-c3ccccc3C)c21)c1ccc(C(C)C)cc1. The van der Waals surface area contributed by atoms with Crippen LogP contribution in [0.25, 0.3) is 44.2 Å². The van der Waals surface area contributed by atoms with Crippen molar-refractivity contribution in [1.82, 2.24) is 4.57 Å². The van der Waals surface area contributed by atoms with Crippen molar-refractivity contribution in [2.75, 3.05) is 0 Å². The summed E-state index contributed by atoms with van der Waals surface area (Å²) in [6.07, 6.45) is 6.43. The molecule has 1 heterocycles. The van der Waals surface area contributed by atoms with E-state index in [1.807, 2.05) is 0 Å². The lowest BCUT2D eigenvalue weighted by molar-refractivity contribution is 0.866. The van der Waals surface area contributed by atoms with E-state index in [4.69, 9.17) is 0 Å². The number of hydrogen-bond acceptors (Lipinski definition) is 0. The first-order chi connectivity index (χ1) is 17.9. The summed E-state index contributed by atoms with van der Waals surface area (Å²) >= 11 is 0. The first-order valence-electron chi connectivity index (χ1n) is 13.1. The quantitative estimate of drug-likeness (QED) is 0.213. The van der Waals surface area contributed by atoms with Gasteiger partial charge in [0.25, 0.3) is 0 Å². The molecular formula is C36H35N. The molecule has 1 nitrogen and oxygen atoms in total. The van der Waals surface area contributed by atoms with Crippen LogP contribution in [0.15, 0.2) is 110 Å². The zero-order chi connectivity index (χ0) is 26.1. The number of aromatic nitrogens is 1. The van der Waals surface area contributed by atoms with E-state index in [0.29, 0.717) is 5.92 Å². The molecule has 0 aliphatic heterocycles. The number of allylic oxidation sites excluding steroid dienone is 5. The van der Waals surface area contributed by atoms with E-state index in [2.05, 4.69) is 149 Å². The zero-order valence-corrected chi connectivity index (χ0v) is 22.5. The van der Waals surface area contributed by atoms with Crippen molar-refractivity contribution in [2.45, 2.75) is 40.5 Å². The van der Waals surface area contributed by atoms with Gasteiger partial charge in [0.2, 0.25) is 0 Å². The maximum Gasteiger partial charge on any atom is 0.0618 e. The van der Waals surface area contributed by atoms with Crippen LogP contribution in [0, 0.1) is 13.8 Å². The number of fused-ring (bicyclic) bond motifs is 3. The lowest BCUT2D eigenvalue weighted by Gasteiger charge is -2.15. The van der Waals surface area contributed by atoms with Crippen molar-refractivity contribution in [1.29, 1.82) is 0 Å². The predicted molar refractivity (Wildman–Crippen MR) is 163 cm³/mol. The molecule has 0 amide bonds. The highest BCUT2D eigenvalue weighted by atomic mass is 15.0. The number of rotatable bonds is 6. The summed E-state index contributed by atoms with van der Waals surface area (Å²) in [6, 6.07) is 30.7. The van der Waals surface area contributed by atoms with Crippen LogP contribution in [-0.2, 0) is 0 Å². The average molecular weight is 482 g/mol. The van der Waals surface area contributed by atoms with Gasteiger partial charge in [-0.3, -0.25) is 0 Å². The third kappa shape index (κ3) is 4.58. The molecule has 0 unspecified atom stereocenters. The van der Waals surface area contributed by atoms with Gasteiger partial charge < -0.3 is 4.57 Å². The summed E-state index contributed by atoms with van der Waals surface area (Å²) in [4.78, 5) is 0. The van der Waals surface area contributed by atoms with Crippen LogP contribution in [0.2, 0.25) is 0 Å². The van der Waals surface area contributed by atoms with Crippen LogP contribution in [0.4, 0.5) is 0 Å². The summed E-state index contributed by atoms with van der Waals surface area (Å²) in [7, 11) is 0. The number of para-hydroxylation sites is 1. The van der Waals surface area contributed by atoms with Crippen LogP contribution >= 0.6 is 0 Å². The molecule has 0 radical (unpaired) electrons. The molecule has 5 rings (SSSR count). The summed E-state index contributed by atoms with van der Waals surface area (Å²) in [5.41, 5.74) is 12.3. The van der Waals surface area contributed by atoms with E-state index < -0.39 is 0 Å². The van der Waals surface area contributed by atoms with E-state index in [1.54, 1.807) is 0 Å². The summed E-state index contributed by atoms with van der Waals surface area (Å²) in [5.74, 6) is 0.530. The largest absolute Gasteiger partial charge is 0.313 e. The summed E-state index contributed by atoms with van der Waals surface area (Å²) in [5, 5.41) is 2.56. The van der Waals surface area contributed by atoms with Gasteiger partial charge >= 0.3 is 0 Å². The van der Waals surface area contributed by atoms with E-state index >= 15 is 0 Å². The Morgan fingerprint density at radius 1 is 0.784 bits per heavy atom. The van der Waals surface area contributed by atoms with E-state index in [1.165, 1.54) is 55.3 Å². The Morgan fingerprint density at radius 3 is 2.22 bits per heavy atom. The van der Waals surface area contributed by atoms with Crippen LogP contribution < -0.4 is 0 Å². The highest BCUT2D eigenvalue weighted by Crippen LogP contribution is 2.40. The monoisotopic (exact) mass is 481 g/mol. The average Bonchev–Trinajstić information content (AvgIpc) is 3.23. The molecule has 0 aliphatic rings. The fourth-order valence-corrected chi connectivity index (χ4v) is 5.27. The van der Waals surface area contributed by atoms with E-state index in [9.17, 15) is 0 Å². The first-order valence-corrected chi connectivity index (χ1v) is 13.1. The van der Waals surface area contributed by atoms with Crippen LogP contribution in [0.5, 0.6) is 0 Å². The fraction of sp³-hybridized carbons (Fsp3) is 0.167.